The van der Waals surface area contributed by atoms with Gasteiger partial charge in [-0.2, -0.15) is 18.3 Å². The largest absolute Gasteiger partial charge is 0.419 e. The number of nitrogens with zero attached hydrogens (tertiary/aromatic N) is 2. The van der Waals surface area contributed by atoms with E-state index in [0.717, 1.165) is 18.8 Å². The number of aliphatic hydroxyl groups excluding tert-OH is 1. The average molecular weight is 265 g/mol. The zero-order valence-electron chi connectivity index (χ0n) is 10.5. The van der Waals surface area contributed by atoms with Gasteiger partial charge in [-0.05, 0) is 19.9 Å². The van der Waals surface area contributed by atoms with E-state index in [1.54, 1.807) is 6.92 Å². The first-order valence-electron chi connectivity index (χ1n) is 5.76. The monoisotopic (exact) mass is 265 g/mol. The molecule has 1 unspecified atom stereocenters. The molecule has 1 rings (SSSR count). The summed E-state index contributed by atoms with van der Waals surface area (Å²) >= 11 is 0. The molecule has 1 heterocycles. The summed E-state index contributed by atoms with van der Waals surface area (Å²) in [6, 6.07) is 0. The first kappa shape index (κ1) is 15.0. The smallest absolute Gasteiger partial charge is 0.394 e. The predicted molar refractivity (Wildman–Crippen MR) is 61.0 cm³/mol. The molecule has 104 valence electrons. The van der Waals surface area contributed by atoms with Crippen molar-refractivity contribution in [2.24, 2.45) is 0 Å². The van der Waals surface area contributed by atoms with Crippen LogP contribution in [0.4, 0.5) is 13.2 Å². The molecule has 0 bridgehead atoms. The Kier molecular flexibility index (Phi) is 4.75. The third-order valence-corrected chi connectivity index (χ3v) is 2.62. The zero-order valence-corrected chi connectivity index (χ0v) is 10.5. The molecule has 0 aliphatic carbocycles. The molecule has 0 radical (unpaired) electrons. The molecule has 0 aromatic carbocycles. The van der Waals surface area contributed by atoms with Crippen LogP contribution in [0, 0.1) is 0 Å². The summed E-state index contributed by atoms with van der Waals surface area (Å²) in [4.78, 5) is 0. The van der Waals surface area contributed by atoms with Crippen molar-refractivity contribution in [2.45, 2.75) is 38.5 Å². The van der Waals surface area contributed by atoms with Crippen LogP contribution in [0.1, 0.15) is 25.8 Å². The highest BCUT2D eigenvalue weighted by Crippen LogP contribution is 2.28. The molecule has 0 saturated carbocycles. The van der Waals surface area contributed by atoms with E-state index in [1.807, 2.05) is 6.92 Å². The Labute approximate surface area is 104 Å². The number of hydrogen-bond donors (Lipinski definition) is 2. The summed E-state index contributed by atoms with van der Waals surface area (Å²) < 4.78 is 38.4. The standard InChI is InChI=1S/C11H18F3N3O/c1-3-4-15-10(2,8-18)7-17-6-9(5-16-17)11(12,13)14/h5-6,15,18H,3-4,7-8H2,1-2H3. The van der Waals surface area contributed by atoms with Gasteiger partial charge in [0.2, 0.25) is 0 Å². The molecular formula is C11H18F3N3O. The van der Waals surface area contributed by atoms with E-state index < -0.39 is 17.3 Å². The van der Waals surface area contributed by atoms with E-state index in [2.05, 4.69) is 10.4 Å². The lowest BCUT2D eigenvalue weighted by Crippen LogP contribution is -2.49. The molecule has 0 aliphatic rings. The minimum absolute atomic E-state index is 0.172. The fourth-order valence-electron chi connectivity index (χ4n) is 1.54. The molecule has 7 heteroatoms. The molecule has 0 aliphatic heterocycles. The Morgan fingerprint density at radius 3 is 2.56 bits per heavy atom. The second-order valence-electron chi connectivity index (χ2n) is 4.57. The van der Waals surface area contributed by atoms with Gasteiger partial charge in [-0.25, -0.2) is 0 Å². The summed E-state index contributed by atoms with van der Waals surface area (Å²) in [7, 11) is 0. The van der Waals surface area contributed by atoms with Crippen LogP contribution in [0.25, 0.3) is 0 Å². The van der Waals surface area contributed by atoms with Crippen molar-refractivity contribution in [1.29, 1.82) is 0 Å². The second-order valence-corrected chi connectivity index (χ2v) is 4.57. The lowest BCUT2D eigenvalue weighted by Gasteiger charge is -2.28. The maximum Gasteiger partial charge on any atom is 0.419 e. The Balaban J connectivity index is 2.73. The second kappa shape index (κ2) is 5.71. The van der Waals surface area contributed by atoms with E-state index in [1.165, 1.54) is 4.68 Å². The SMILES string of the molecule is CCCNC(C)(CO)Cn1cc(C(F)(F)F)cn1. The van der Waals surface area contributed by atoms with Crippen LogP contribution in [-0.4, -0.2) is 33.6 Å². The van der Waals surface area contributed by atoms with Gasteiger partial charge in [0, 0.05) is 6.20 Å². The third kappa shape index (κ3) is 3.99. The Bertz CT molecular complexity index is 378. The van der Waals surface area contributed by atoms with E-state index in [9.17, 15) is 18.3 Å². The summed E-state index contributed by atoms with van der Waals surface area (Å²) in [6.45, 7) is 4.41. The van der Waals surface area contributed by atoms with Crippen molar-refractivity contribution in [3.05, 3.63) is 18.0 Å². The Morgan fingerprint density at radius 2 is 2.11 bits per heavy atom. The van der Waals surface area contributed by atoms with Crippen molar-refractivity contribution >= 4 is 0 Å². The van der Waals surface area contributed by atoms with Crippen LogP contribution in [0.15, 0.2) is 12.4 Å². The van der Waals surface area contributed by atoms with Gasteiger partial charge in [0.1, 0.15) is 0 Å². The normalized spacial score (nSPS) is 15.7. The molecule has 0 fully saturated rings. The molecule has 1 aromatic rings. The molecule has 18 heavy (non-hydrogen) atoms. The number of aromatic nitrogens is 2. The number of nitrogens with one attached hydrogen (secondary N) is 1. The van der Waals surface area contributed by atoms with Gasteiger partial charge < -0.3 is 10.4 Å². The van der Waals surface area contributed by atoms with Crippen molar-refractivity contribution in [3.63, 3.8) is 0 Å². The van der Waals surface area contributed by atoms with Crippen LogP contribution < -0.4 is 5.32 Å². The highest BCUT2D eigenvalue weighted by atomic mass is 19.4. The van der Waals surface area contributed by atoms with Crippen molar-refractivity contribution in [2.75, 3.05) is 13.2 Å². The van der Waals surface area contributed by atoms with E-state index >= 15 is 0 Å². The number of alkyl halides is 3. The quantitative estimate of drug-likeness (QED) is 0.822. The maximum absolute atomic E-state index is 12.4. The highest BCUT2D eigenvalue weighted by Gasteiger charge is 2.33. The minimum atomic E-state index is -4.38. The summed E-state index contributed by atoms with van der Waals surface area (Å²) in [5.74, 6) is 0. The van der Waals surface area contributed by atoms with Gasteiger partial charge in [-0.3, -0.25) is 4.68 Å². The van der Waals surface area contributed by atoms with E-state index in [4.69, 9.17) is 0 Å². The van der Waals surface area contributed by atoms with Crippen molar-refractivity contribution < 1.29 is 18.3 Å². The fourth-order valence-corrected chi connectivity index (χ4v) is 1.54. The molecule has 1 aromatic heterocycles. The molecule has 2 N–H and O–H groups in total. The van der Waals surface area contributed by atoms with Crippen molar-refractivity contribution in [3.8, 4) is 0 Å². The Morgan fingerprint density at radius 1 is 1.44 bits per heavy atom. The molecule has 1 atom stereocenters. The average Bonchev–Trinajstić information content (AvgIpc) is 2.74. The topological polar surface area (TPSA) is 50.1 Å². The minimum Gasteiger partial charge on any atom is -0.394 e. The number of aliphatic hydroxyl groups is 1. The van der Waals surface area contributed by atoms with Crippen LogP contribution in [-0.2, 0) is 12.7 Å². The molecular weight excluding hydrogens is 247 g/mol. The third-order valence-electron chi connectivity index (χ3n) is 2.62. The molecule has 0 amide bonds. The number of halogens is 3. The fraction of sp³-hybridized carbons (Fsp3) is 0.727. The first-order valence-corrected chi connectivity index (χ1v) is 5.76. The lowest BCUT2D eigenvalue weighted by molar-refractivity contribution is -0.137. The summed E-state index contributed by atoms with van der Waals surface area (Å²) in [6.07, 6.45) is -1.77. The number of rotatable bonds is 6. The maximum atomic E-state index is 12.4. The van der Waals surface area contributed by atoms with Crippen molar-refractivity contribution in [1.82, 2.24) is 15.1 Å². The van der Waals surface area contributed by atoms with Gasteiger partial charge >= 0.3 is 6.18 Å². The molecule has 4 nitrogen and oxygen atoms in total. The lowest BCUT2D eigenvalue weighted by atomic mass is 10.0. The van der Waals surface area contributed by atoms with Gasteiger partial charge in [0.25, 0.3) is 0 Å². The Hall–Kier alpha value is -1.08. The van der Waals surface area contributed by atoms with Crippen LogP contribution in [0.2, 0.25) is 0 Å². The van der Waals surface area contributed by atoms with E-state index in [0.29, 0.717) is 6.54 Å². The first-order chi connectivity index (χ1) is 8.30. The highest BCUT2D eigenvalue weighted by molar-refractivity contribution is 5.08. The molecule has 0 saturated heterocycles. The zero-order chi connectivity index (χ0) is 13.8. The van der Waals surface area contributed by atoms with Gasteiger partial charge in [0.15, 0.2) is 0 Å². The summed E-state index contributed by atoms with van der Waals surface area (Å²) in [5.41, 5.74) is -1.46. The van der Waals surface area contributed by atoms with Crippen LogP contribution in [0.3, 0.4) is 0 Å². The van der Waals surface area contributed by atoms with Gasteiger partial charge in [-0.15, -0.1) is 0 Å². The van der Waals surface area contributed by atoms with E-state index in [-0.39, 0.29) is 13.2 Å². The summed E-state index contributed by atoms with van der Waals surface area (Å²) in [5, 5.41) is 16.1. The van der Waals surface area contributed by atoms with Gasteiger partial charge in [-0.1, -0.05) is 6.92 Å². The predicted octanol–water partition coefficient (Wildman–Crippen LogP) is 1.65. The van der Waals surface area contributed by atoms with Crippen LogP contribution >= 0.6 is 0 Å². The van der Waals surface area contributed by atoms with Gasteiger partial charge in [0.05, 0.1) is 30.5 Å². The molecule has 0 spiro atoms. The number of hydrogen-bond acceptors (Lipinski definition) is 3. The van der Waals surface area contributed by atoms with Crippen LogP contribution in [0.5, 0.6) is 0 Å².